The van der Waals surface area contributed by atoms with Crippen LogP contribution in [0.2, 0.25) is 13.1 Å². The Morgan fingerprint density at radius 2 is 0.449 bits per heavy atom. The fourth-order valence-corrected chi connectivity index (χ4v) is 190. The van der Waals surface area contributed by atoms with E-state index >= 15 is 0 Å². The molecule has 4 nitrogen and oxygen atoms in total. The van der Waals surface area contributed by atoms with Crippen molar-refractivity contribution in [1.82, 2.24) is 0 Å². The second-order valence-electron chi connectivity index (χ2n) is 31.3. The number of allylic oxidation sites excluding steroid dienone is 4. The van der Waals surface area contributed by atoms with Gasteiger partial charge in [0.05, 0.1) is 0 Å². The van der Waals surface area contributed by atoms with E-state index in [2.05, 4.69) is 356 Å². The summed E-state index contributed by atoms with van der Waals surface area (Å²) >= 11 is -8.97. The topological polar surface area (TPSA) is 52.6 Å². The molecule has 4 aromatic heterocycles. The van der Waals surface area contributed by atoms with Gasteiger partial charge in [0.1, 0.15) is 0 Å². The molecule has 0 N–H and O–H groups in total. The number of fused-ring (bicyclic) bond motifs is 16. The van der Waals surface area contributed by atoms with Crippen molar-refractivity contribution in [1.29, 1.82) is 0 Å². The van der Waals surface area contributed by atoms with Gasteiger partial charge in [0.25, 0.3) is 0 Å². The molecule has 4 unspecified atom stereocenters. The van der Waals surface area contributed by atoms with E-state index in [1.54, 1.807) is 0 Å². The Hall–Kier alpha value is -10.4. The van der Waals surface area contributed by atoms with Crippen molar-refractivity contribution in [3.8, 4) is 44.5 Å². The zero-order valence-corrected chi connectivity index (χ0v) is 67.5. The minimum absolute atomic E-state index is 0.769. The first-order valence-corrected chi connectivity index (χ1v) is 58.2. The van der Waals surface area contributed by atoms with E-state index in [1.807, 2.05) is 0 Å². The molecular formula is C98H72Cl2HfO4Si2. The number of rotatable bonds is 8. The molecule has 6 heterocycles. The van der Waals surface area contributed by atoms with Crippen molar-refractivity contribution in [3.05, 3.63) is 382 Å². The fourth-order valence-electron chi connectivity index (χ4n) is 24.6. The van der Waals surface area contributed by atoms with Crippen molar-refractivity contribution in [2.24, 2.45) is 0 Å². The summed E-state index contributed by atoms with van der Waals surface area (Å²) in [5, 5.41) is 9.31. The molecular weight excluding hydrogens is 1550 g/mol. The maximum absolute atomic E-state index is 12.2. The van der Waals surface area contributed by atoms with Crippen LogP contribution in [0.15, 0.2) is 309 Å². The van der Waals surface area contributed by atoms with E-state index < -0.39 is 43.4 Å². The molecule has 4 atom stereocenters. The molecule has 2 aliphatic heterocycles. The van der Waals surface area contributed by atoms with Gasteiger partial charge in [-0.2, -0.15) is 0 Å². The number of furan rings is 4. The molecule has 0 radical (unpaired) electrons. The first-order valence-electron chi connectivity index (χ1n) is 37.5. The van der Waals surface area contributed by atoms with Gasteiger partial charge in [-0.05, 0) is 0 Å². The van der Waals surface area contributed by atoms with Crippen LogP contribution in [0.1, 0.15) is 90.6 Å². The second-order valence-corrected chi connectivity index (χ2v) is 85.7. The third-order valence-electron chi connectivity index (χ3n) is 27.5. The number of halogens is 2. The molecule has 2 fully saturated rings. The quantitative estimate of drug-likeness (QED) is 0.142. The molecule has 107 heavy (non-hydrogen) atoms. The van der Waals surface area contributed by atoms with E-state index in [0.717, 1.165) is 200 Å². The summed E-state index contributed by atoms with van der Waals surface area (Å²) in [6.45, 7) is 13.7. The van der Waals surface area contributed by atoms with Gasteiger partial charge >= 0.3 is 635 Å². The first-order chi connectivity index (χ1) is 52.2. The van der Waals surface area contributed by atoms with Crippen LogP contribution in [-0.2, 0) is 25.8 Å². The fraction of sp³-hybridized carbons (Fsp3) is 0.102. The van der Waals surface area contributed by atoms with Crippen molar-refractivity contribution >= 4 is 124 Å². The van der Waals surface area contributed by atoms with Gasteiger partial charge < -0.3 is 0 Å². The standard InChI is InChI=1S/2C49H36O2Si.2ClH.Hf/c2*1-30-24-26-46(50-30)44-28-42-38(36-18-8-14-32-12-4-6-16-34(32)36)20-10-22-40(42)48(44)52(3)49-41-23-11-21-39(37-19-9-15-33-13-5-7-17-35(33)37)43(41)29-45(49)47-27-25-31(2)51-47;;;/h2*4-29,52H,1-3H3;2*1H;/q;;;;+2/p-2. The van der Waals surface area contributed by atoms with Crippen molar-refractivity contribution in [2.45, 2.75) is 52.0 Å². The van der Waals surface area contributed by atoms with Crippen LogP contribution < -0.4 is 0 Å². The van der Waals surface area contributed by atoms with Crippen LogP contribution in [0.25, 0.3) is 134 Å². The molecule has 4 aliphatic carbocycles. The van der Waals surface area contributed by atoms with Crippen LogP contribution in [0.4, 0.5) is 0 Å². The van der Waals surface area contributed by atoms with Crippen molar-refractivity contribution < 1.29 is 32.3 Å². The molecule has 16 aromatic rings. The Bertz CT molecular complexity index is 5990. The Labute approximate surface area is 629 Å². The molecule has 514 valence electrons. The van der Waals surface area contributed by atoms with Crippen LogP contribution >= 0.6 is 17.2 Å². The van der Waals surface area contributed by atoms with Crippen LogP contribution in [0.3, 0.4) is 0 Å². The number of hydrogen-bond acceptors (Lipinski definition) is 4. The summed E-state index contributed by atoms with van der Waals surface area (Å²) in [5.41, 5.74) is 22.2. The summed E-state index contributed by atoms with van der Waals surface area (Å²) in [6, 6.07) is 109. The third-order valence-corrected chi connectivity index (χ3v) is 142. The van der Waals surface area contributed by atoms with Crippen LogP contribution in [0.5, 0.6) is 0 Å². The number of hydrogen-bond donors (Lipinski definition) is 0. The molecule has 6 aliphatic rings. The van der Waals surface area contributed by atoms with E-state index in [0.29, 0.717) is 0 Å². The summed E-state index contributed by atoms with van der Waals surface area (Å²) in [5.74, 6) is 6.28. The monoisotopic (exact) mass is 1620 g/mol. The Kier molecular flexibility index (Phi) is 13.0. The molecule has 12 aromatic carbocycles. The second kappa shape index (κ2) is 21.7. The minimum atomic E-state index is -8.97. The molecule has 22 rings (SSSR count). The SMILES string of the molecule is Cc1ccc(C2=Cc3c(-c4cccc5ccccc45)cccc3[C]23[SiH](C)[C]2(C(c4ccc(C)o4)=Cc4c(-c5cccc6ccccc56)cccc42)[Hf]32([Cl])([Cl])[C]3(C(c4ccc(C)o4)=Cc4c(-c5cccc6ccccc56)cccc43)[SiH](C)[C]23C(c2ccc(C)o2)=Cc2c(-c4cccc5ccccc45)cccc23)o1. The summed E-state index contributed by atoms with van der Waals surface area (Å²) < 4.78 is 25.5. The van der Waals surface area contributed by atoms with E-state index in [9.17, 15) is 17.2 Å². The average molecular weight is 1620 g/mol. The average Bonchev–Trinajstić information content (AvgIpc) is 1.51. The van der Waals surface area contributed by atoms with Gasteiger partial charge in [-0.15, -0.1) is 0 Å². The van der Waals surface area contributed by atoms with Gasteiger partial charge in [-0.3, -0.25) is 0 Å². The zero-order chi connectivity index (χ0) is 71.9. The number of benzene rings is 12. The zero-order valence-electron chi connectivity index (χ0n) is 60.1. The van der Waals surface area contributed by atoms with E-state index in [-0.39, 0.29) is 0 Å². The molecule has 5 spiro atoms. The molecule has 0 saturated carbocycles. The van der Waals surface area contributed by atoms with Gasteiger partial charge in [0.15, 0.2) is 0 Å². The first kappa shape index (κ1) is 63.9. The third kappa shape index (κ3) is 7.02. The van der Waals surface area contributed by atoms with Gasteiger partial charge in [0, 0.05) is 0 Å². The molecule has 9 heteroatoms. The summed E-state index contributed by atoms with van der Waals surface area (Å²) in [4.78, 5) is 0. The molecule has 0 bridgehead atoms. The Balaban J connectivity index is 1.03. The van der Waals surface area contributed by atoms with Gasteiger partial charge in [-0.25, -0.2) is 0 Å². The predicted molar refractivity (Wildman–Crippen MR) is 447 cm³/mol. The van der Waals surface area contributed by atoms with Crippen molar-refractivity contribution in [3.63, 3.8) is 0 Å². The van der Waals surface area contributed by atoms with E-state index in [4.69, 9.17) is 17.7 Å². The molecule has 0 amide bonds. The Morgan fingerprint density at radius 3 is 0.673 bits per heavy atom. The predicted octanol–water partition coefficient (Wildman–Crippen LogP) is 26.1. The van der Waals surface area contributed by atoms with Gasteiger partial charge in [-0.1, -0.05) is 0 Å². The van der Waals surface area contributed by atoms with Gasteiger partial charge in [0.2, 0.25) is 0 Å². The normalized spacial score (nSPS) is 23.3. The van der Waals surface area contributed by atoms with E-state index in [1.165, 1.54) is 0 Å². The van der Waals surface area contributed by atoms with Crippen molar-refractivity contribution in [2.75, 3.05) is 0 Å². The van der Waals surface area contributed by atoms with Crippen LogP contribution in [0, 0.1) is 27.7 Å². The Morgan fingerprint density at radius 1 is 0.243 bits per heavy atom. The number of aryl methyl sites for hydroxylation is 4. The summed E-state index contributed by atoms with van der Waals surface area (Å²) in [6.07, 6.45) is 10.2. The maximum atomic E-state index is 12.2. The molecule has 2 saturated heterocycles. The summed E-state index contributed by atoms with van der Waals surface area (Å²) in [7, 11) is 18.1. The van der Waals surface area contributed by atoms with Crippen LogP contribution in [-0.4, -0.2) is 17.6 Å².